The van der Waals surface area contributed by atoms with Crippen molar-refractivity contribution in [2.45, 2.75) is 25.9 Å². The molecule has 3 heterocycles. The van der Waals surface area contributed by atoms with E-state index in [1.54, 1.807) is 32.8 Å². The van der Waals surface area contributed by atoms with Crippen LogP contribution >= 0.6 is 0 Å². The highest BCUT2D eigenvalue weighted by atomic mass is 16.5. The number of benzene rings is 2. The van der Waals surface area contributed by atoms with Gasteiger partial charge in [0.1, 0.15) is 18.2 Å². The normalized spacial score (nSPS) is 11.8. The van der Waals surface area contributed by atoms with Crippen LogP contribution in [0.2, 0.25) is 0 Å². The lowest BCUT2D eigenvalue weighted by molar-refractivity contribution is 0.258. The molecule has 0 amide bonds. The minimum atomic E-state index is 0.0932. The Labute approximate surface area is 232 Å². The molecule has 0 aliphatic carbocycles. The van der Waals surface area contributed by atoms with Gasteiger partial charge in [0.25, 0.3) is 0 Å². The predicted octanol–water partition coefficient (Wildman–Crippen LogP) is 5.26. The van der Waals surface area contributed by atoms with Gasteiger partial charge < -0.3 is 25.3 Å². The van der Waals surface area contributed by atoms with Gasteiger partial charge in [0.15, 0.2) is 11.5 Å². The van der Waals surface area contributed by atoms with Crippen molar-refractivity contribution < 1.29 is 14.2 Å². The first-order valence-electron chi connectivity index (χ1n) is 12.9. The van der Waals surface area contributed by atoms with Crippen LogP contribution in [-0.4, -0.2) is 41.8 Å². The lowest BCUT2D eigenvalue weighted by Gasteiger charge is -2.18. The van der Waals surface area contributed by atoms with Gasteiger partial charge in [0.05, 0.1) is 43.3 Å². The highest BCUT2D eigenvalue weighted by molar-refractivity contribution is 6.10. The standard InChI is InChI=1S/C31H30N6O3/c1-4-22(35-15-20-8-6-5-7-19(20)13-32)18-40-23-9-21(14-34-16-23)27-10-24-25-11-29(38-2)30(39-3)12-28(25)36-17-26(24)31(33)37-27/h5-12,14,16-17,22,35H,4,15,18H2,1-3H3,(H2,33,37)/t22-/m1/s1. The Balaban J connectivity index is 1.39. The Morgan fingerprint density at radius 3 is 2.55 bits per heavy atom. The van der Waals surface area contributed by atoms with E-state index in [1.807, 2.05) is 48.5 Å². The van der Waals surface area contributed by atoms with Crippen LogP contribution in [0.15, 0.2) is 67.1 Å². The van der Waals surface area contributed by atoms with Crippen molar-refractivity contribution >= 4 is 27.5 Å². The monoisotopic (exact) mass is 534 g/mol. The topological polar surface area (TPSA) is 128 Å². The molecule has 2 aromatic carbocycles. The average molecular weight is 535 g/mol. The van der Waals surface area contributed by atoms with Crippen LogP contribution in [0.3, 0.4) is 0 Å². The molecule has 0 aliphatic rings. The summed E-state index contributed by atoms with van der Waals surface area (Å²) in [5, 5.41) is 15.4. The van der Waals surface area contributed by atoms with E-state index < -0.39 is 0 Å². The largest absolute Gasteiger partial charge is 0.493 e. The van der Waals surface area contributed by atoms with E-state index >= 15 is 0 Å². The molecule has 5 aromatic rings. The quantitative estimate of drug-likeness (QED) is 0.230. The van der Waals surface area contributed by atoms with E-state index in [4.69, 9.17) is 19.9 Å². The first kappa shape index (κ1) is 26.7. The molecule has 0 fully saturated rings. The third-order valence-electron chi connectivity index (χ3n) is 6.88. The summed E-state index contributed by atoms with van der Waals surface area (Å²) < 4.78 is 17.1. The summed E-state index contributed by atoms with van der Waals surface area (Å²) >= 11 is 0. The molecule has 9 nitrogen and oxygen atoms in total. The van der Waals surface area contributed by atoms with Crippen LogP contribution in [0.25, 0.3) is 32.9 Å². The fraction of sp³-hybridized carbons (Fsp3) is 0.226. The molecule has 0 aliphatic heterocycles. The van der Waals surface area contributed by atoms with Crippen molar-refractivity contribution in [3.05, 3.63) is 78.2 Å². The summed E-state index contributed by atoms with van der Waals surface area (Å²) in [6, 6.07) is 17.6. The van der Waals surface area contributed by atoms with Gasteiger partial charge in [0.2, 0.25) is 0 Å². The molecule has 0 bridgehead atoms. The number of nitrogens with one attached hydrogen (secondary N) is 1. The summed E-state index contributed by atoms with van der Waals surface area (Å²) in [6.45, 7) is 3.13. The summed E-state index contributed by atoms with van der Waals surface area (Å²) in [6.07, 6.45) is 6.00. The van der Waals surface area contributed by atoms with Crippen molar-refractivity contribution in [2.24, 2.45) is 0 Å². The zero-order chi connectivity index (χ0) is 28.1. The predicted molar refractivity (Wildman–Crippen MR) is 155 cm³/mol. The maximum absolute atomic E-state index is 9.35. The van der Waals surface area contributed by atoms with Crippen molar-refractivity contribution in [3.8, 4) is 34.6 Å². The minimum absolute atomic E-state index is 0.0932. The van der Waals surface area contributed by atoms with Crippen LogP contribution in [0.1, 0.15) is 24.5 Å². The molecule has 0 unspecified atom stereocenters. The van der Waals surface area contributed by atoms with Crippen molar-refractivity contribution in [2.75, 3.05) is 26.6 Å². The number of anilines is 1. The molecule has 5 rings (SSSR count). The molecule has 0 spiro atoms. The second kappa shape index (κ2) is 11.8. The number of hydrogen-bond donors (Lipinski definition) is 2. The van der Waals surface area contributed by atoms with Crippen molar-refractivity contribution in [3.63, 3.8) is 0 Å². The van der Waals surface area contributed by atoms with Crippen molar-refractivity contribution in [1.29, 1.82) is 5.26 Å². The van der Waals surface area contributed by atoms with E-state index in [0.29, 0.717) is 47.5 Å². The smallest absolute Gasteiger partial charge is 0.162 e. The number of fused-ring (bicyclic) bond motifs is 3. The Bertz CT molecular complexity index is 1720. The van der Waals surface area contributed by atoms with Gasteiger partial charge in [-0.1, -0.05) is 25.1 Å². The van der Waals surface area contributed by atoms with Gasteiger partial charge in [-0.25, -0.2) is 4.98 Å². The lowest BCUT2D eigenvalue weighted by atomic mass is 10.0. The highest BCUT2D eigenvalue weighted by Crippen LogP contribution is 2.37. The van der Waals surface area contributed by atoms with Crippen LogP contribution in [0.4, 0.5) is 5.82 Å². The molecular weight excluding hydrogens is 504 g/mol. The van der Waals surface area contributed by atoms with Crippen LogP contribution in [-0.2, 0) is 6.54 Å². The number of hydrogen-bond acceptors (Lipinski definition) is 9. The van der Waals surface area contributed by atoms with Gasteiger partial charge in [0, 0.05) is 47.4 Å². The fourth-order valence-corrected chi connectivity index (χ4v) is 4.60. The van der Waals surface area contributed by atoms with Gasteiger partial charge in [-0.2, -0.15) is 5.26 Å². The number of ether oxygens (including phenoxy) is 3. The average Bonchev–Trinajstić information content (AvgIpc) is 3.00. The maximum Gasteiger partial charge on any atom is 0.162 e. The molecule has 9 heteroatoms. The number of nitrogen functional groups attached to an aromatic ring is 1. The number of pyridine rings is 3. The lowest BCUT2D eigenvalue weighted by Crippen LogP contribution is -2.33. The molecule has 0 radical (unpaired) electrons. The zero-order valence-corrected chi connectivity index (χ0v) is 22.6. The maximum atomic E-state index is 9.35. The van der Waals surface area contributed by atoms with Gasteiger partial charge in [-0.3, -0.25) is 9.97 Å². The zero-order valence-electron chi connectivity index (χ0n) is 22.6. The molecule has 0 saturated heterocycles. The Kier molecular flexibility index (Phi) is 7.89. The number of nitrogens with two attached hydrogens (primary N) is 1. The van der Waals surface area contributed by atoms with E-state index in [0.717, 1.165) is 39.2 Å². The van der Waals surface area contributed by atoms with E-state index in [1.165, 1.54) is 0 Å². The van der Waals surface area contributed by atoms with Crippen LogP contribution in [0, 0.1) is 11.3 Å². The number of rotatable bonds is 10. The fourth-order valence-electron chi connectivity index (χ4n) is 4.60. The summed E-state index contributed by atoms with van der Waals surface area (Å²) in [5.41, 5.74) is 10.2. The van der Waals surface area contributed by atoms with Crippen molar-refractivity contribution in [1.82, 2.24) is 20.3 Å². The van der Waals surface area contributed by atoms with Gasteiger partial charge in [-0.05, 0) is 41.6 Å². The van der Waals surface area contributed by atoms with E-state index in [9.17, 15) is 5.26 Å². The first-order valence-corrected chi connectivity index (χ1v) is 12.9. The molecule has 1 atom stereocenters. The third-order valence-corrected chi connectivity index (χ3v) is 6.88. The highest BCUT2D eigenvalue weighted by Gasteiger charge is 2.15. The van der Waals surface area contributed by atoms with Crippen LogP contribution < -0.4 is 25.3 Å². The Morgan fingerprint density at radius 1 is 0.975 bits per heavy atom. The second-order valence-corrected chi connectivity index (χ2v) is 9.31. The Morgan fingerprint density at radius 2 is 1.77 bits per heavy atom. The third kappa shape index (κ3) is 5.44. The number of nitrogens with zero attached hydrogens (tertiary/aromatic N) is 4. The van der Waals surface area contributed by atoms with E-state index in [-0.39, 0.29) is 6.04 Å². The molecular formula is C31H30N6O3. The molecule has 0 saturated carbocycles. The molecule has 40 heavy (non-hydrogen) atoms. The van der Waals surface area contributed by atoms with Gasteiger partial charge in [-0.15, -0.1) is 0 Å². The first-order chi connectivity index (χ1) is 19.5. The second-order valence-electron chi connectivity index (χ2n) is 9.31. The minimum Gasteiger partial charge on any atom is -0.493 e. The molecule has 3 N–H and O–H groups in total. The van der Waals surface area contributed by atoms with Gasteiger partial charge >= 0.3 is 0 Å². The van der Waals surface area contributed by atoms with E-state index in [2.05, 4.69) is 33.3 Å². The summed E-state index contributed by atoms with van der Waals surface area (Å²) in [5.74, 6) is 2.21. The molecule has 202 valence electrons. The number of nitriles is 1. The Hall–Kier alpha value is -4.94. The summed E-state index contributed by atoms with van der Waals surface area (Å²) in [4.78, 5) is 13.6. The number of aromatic nitrogens is 3. The molecule has 3 aromatic heterocycles. The summed E-state index contributed by atoms with van der Waals surface area (Å²) in [7, 11) is 3.20. The van der Waals surface area contributed by atoms with Crippen LogP contribution in [0.5, 0.6) is 17.2 Å². The number of methoxy groups -OCH3 is 2. The SMILES string of the molecule is CC[C@H](COc1cncc(-c2cc3c(cnc4cc(OC)c(OC)cc43)c(N)n2)c1)NCc1ccccc1C#N.